The highest BCUT2D eigenvalue weighted by atomic mass is 16.5. The monoisotopic (exact) mass is 1430 g/mol. The van der Waals surface area contributed by atoms with Crippen molar-refractivity contribution in [2.45, 2.75) is 124 Å². The minimum absolute atomic E-state index is 0.0182. The summed E-state index contributed by atoms with van der Waals surface area (Å²) in [5, 5.41) is 80.5. The van der Waals surface area contributed by atoms with Crippen LogP contribution in [0.25, 0.3) is 0 Å². The van der Waals surface area contributed by atoms with Crippen molar-refractivity contribution in [2.75, 3.05) is 60.7 Å². The molecule has 34 nitrogen and oxygen atoms in total. The molecule has 12 amide bonds. The molecule has 0 radical (unpaired) electrons. The lowest BCUT2D eigenvalue weighted by Gasteiger charge is -2.32. The number of carboxylic acid groups (broad SMARTS) is 4. The third-order valence-electron chi connectivity index (χ3n) is 17.2. The minimum Gasteiger partial charge on any atom is -0.490 e. The standard InChI is InChI=1S/C69H87N17O17/c1-7-13-38(61(89)90)28-56-58-60(88)78-54-26-39(62(91)92)15-18-52(54)79-65(97)75-32-48-42(8-2)49(44(10-4)50(43(48)9-3)34-77-69(101)83-58)33-76-66(98)80-53-19-16-40(63(93)94)27-55(53)81-67(99)73-30-46-36(5)45(29-70)37(6)47(31-74-68(100)82-56)59(46)103-25-24-102-23-22-86-35-41(84-85-86)17-20-57(87)72-21-12-11-14-51(71)64(95)96/h7,13,15-16,18-19,26-28,31,35,37,51,58H,1,8-12,14,17,20-25,29-30,32-34,70-71H2,2-6H3,(H,72,87)(H,78,88)(H,89,90)(H,91,92)(H,93,94)(H,95,96)(H2,73,81,99)(H2,74,82,100)(H2,75,79,97)(H2,76,80,98)(H2,77,83,101)/b38-13+,47-31+,56-28+. The highest BCUT2D eigenvalue weighted by Gasteiger charge is 2.33. The third-order valence-corrected chi connectivity index (χ3v) is 17.2. The smallest absolute Gasteiger partial charge is 0.335 e. The molecule has 4 aromatic rings. The van der Waals surface area contributed by atoms with Crippen LogP contribution in [0.4, 0.5) is 46.7 Å². The van der Waals surface area contributed by atoms with Gasteiger partial charge in [-0.25, -0.2) is 43.0 Å². The molecule has 3 aromatic carbocycles. The van der Waals surface area contributed by atoms with E-state index in [2.05, 4.69) is 80.7 Å². The maximum absolute atomic E-state index is 15.1. The summed E-state index contributed by atoms with van der Waals surface area (Å²) in [6.07, 6.45) is 8.75. The molecule has 1 aliphatic carbocycles. The fraction of sp³-hybridized carbons (Fsp3) is 0.377. The molecule has 0 spiro atoms. The zero-order chi connectivity index (χ0) is 75.0. The van der Waals surface area contributed by atoms with Gasteiger partial charge in [0.2, 0.25) is 5.91 Å². The number of nitrogens with one attached hydrogen (secondary N) is 12. The number of aliphatic carboxylic acids is 2. The van der Waals surface area contributed by atoms with Crippen LogP contribution < -0.4 is 75.3 Å². The minimum atomic E-state index is -2.08. The van der Waals surface area contributed by atoms with Crippen molar-refractivity contribution in [3.63, 3.8) is 0 Å². The number of hydrogen-bond acceptors (Lipinski definition) is 17. The van der Waals surface area contributed by atoms with Gasteiger partial charge in [0.1, 0.15) is 18.4 Å². The molecule has 20 N–H and O–H groups in total. The number of allylic oxidation sites excluding steroid dienone is 3. The highest BCUT2D eigenvalue weighted by molar-refractivity contribution is 6.06. The molecule has 0 fully saturated rings. The second-order valence-electron chi connectivity index (χ2n) is 23.8. The topological polar surface area (TPSA) is 514 Å². The number of fused-ring (bicyclic) bond motifs is 9. The molecule has 34 heteroatoms. The first-order chi connectivity index (χ1) is 49.3. The number of anilines is 4. The summed E-state index contributed by atoms with van der Waals surface area (Å²) in [7, 11) is 0. The van der Waals surface area contributed by atoms with Gasteiger partial charge >= 0.3 is 54.0 Å². The Morgan fingerprint density at radius 3 is 1.83 bits per heavy atom. The lowest BCUT2D eigenvalue weighted by Crippen LogP contribution is -2.52. The molecule has 0 saturated heterocycles. The number of amides is 12. The van der Waals surface area contributed by atoms with Crippen molar-refractivity contribution in [3.05, 3.63) is 163 Å². The van der Waals surface area contributed by atoms with Crippen LogP contribution in [0.1, 0.15) is 120 Å². The molecular weight excluding hydrogens is 1340 g/mol. The van der Waals surface area contributed by atoms with Crippen molar-refractivity contribution in [2.24, 2.45) is 17.4 Å². The predicted octanol–water partition coefficient (Wildman–Crippen LogP) is 5.07. The average molecular weight is 1430 g/mol. The molecule has 7 rings (SSSR count). The Hall–Kier alpha value is -11.9. The van der Waals surface area contributed by atoms with Crippen molar-refractivity contribution in [1.29, 1.82) is 0 Å². The number of hydrogen-bond donors (Lipinski definition) is 18. The van der Waals surface area contributed by atoms with E-state index in [0.29, 0.717) is 88.9 Å². The fourth-order valence-electron chi connectivity index (χ4n) is 12.0. The maximum Gasteiger partial charge on any atom is 0.335 e. The Morgan fingerprint density at radius 1 is 0.728 bits per heavy atom. The van der Waals surface area contributed by atoms with Crippen LogP contribution in [-0.4, -0.2) is 153 Å². The van der Waals surface area contributed by atoms with E-state index in [1.54, 1.807) is 20.0 Å². The molecule has 1 aromatic heterocycles. The zero-order valence-corrected chi connectivity index (χ0v) is 57.6. The number of nitrogens with two attached hydrogens (primary N) is 2. The molecule has 550 valence electrons. The molecule has 3 atom stereocenters. The zero-order valence-electron chi connectivity index (χ0n) is 57.6. The van der Waals surface area contributed by atoms with Crippen LogP contribution in [0.2, 0.25) is 0 Å². The first kappa shape index (κ1) is 78.4. The van der Waals surface area contributed by atoms with Gasteiger partial charge in [0.25, 0.3) is 5.91 Å². The van der Waals surface area contributed by atoms with Crippen LogP contribution in [0, 0.1) is 5.92 Å². The molecule has 103 heavy (non-hydrogen) atoms. The fourth-order valence-corrected chi connectivity index (χ4v) is 12.0. The van der Waals surface area contributed by atoms with Crippen LogP contribution in [-0.2, 0) is 80.5 Å². The van der Waals surface area contributed by atoms with Gasteiger partial charge in [-0.15, -0.1) is 5.10 Å². The molecule has 0 saturated carbocycles. The van der Waals surface area contributed by atoms with Gasteiger partial charge in [0.05, 0.1) is 70.6 Å². The average Bonchev–Trinajstić information content (AvgIpc) is 0.868. The number of carboxylic acids is 4. The maximum atomic E-state index is 15.1. The first-order valence-electron chi connectivity index (χ1n) is 33.2. The van der Waals surface area contributed by atoms with Crippen LogP contribution in [0.15, 0.2) is 113 Å². The number of urea groups is 5. The number of aryl methyl sites for hydroxylation is 1. The van der Waals surface area contributed by atoms with Gasteiger partial charge in [0.15, 0.2) is 6.04 Å². The van der Waals surface area contributed by atoms with Gasteiger partial charge in [-0.3, -0.25) is 14.4 Å². The van der Waals surface area contributed by atoms with E-state index in [-0.39, 0.29) is 129 Å². The summed E-state index contributed by atoms with van der Waals surface area (Å²) in [6.45, 7) is 12.2. The molecule has 3 aliphatic rings. The summed E-state index contributed by atoms with van der Waals surface area (Å²) in [6, 6.07) is -0.655. The number of benzene rings is 3. The number of unbranched alkanes of at least 4 members (excludes halogenated alkanes) is 1. The van der Waals surface area contributed by atoms with E-state index < -0.39 is 89.2 Å². The number of carbonyl (C=O) groups excluding carboxylic acids is 7. The predicted molar refractivity (Wildman–Crippen MR) is 377 cm³/mol. The van der Waals surface area contributed by atoms with Crippen molar-refractivity contribution in [1.82, 2.24) is 57.5 Å². The summed E-state index contributed by atoms with van der Waals surface area (Å²) >= 11 is 0. The Labute approximate surface area is 592 Å². The number of rotatable bonds is 25. The highest BCUT2D eigenvalue weighted by Crippen LogP contribution is 2.39. The molecule has 3 unspecified atom stereocenters. The van der Waals surface area contributed by atoms with E-state index in [1.165, 1.54) is 29.1 Å². The van der Waals surface area contributed by atoms with Gasteiger partial charge in [-0.2, -0.15) is 0 Å². The first-order valence-corrected chi connectivity index (χ1v) is 33.2. The third kappa shape index (κ3) is 21.3. The summed E-state index contributed by atoms with van der Waals surface area (Å²) in [4.78, 5) is 149. The molecule has 3 heterocycles. The van der Waals surface area contributed by atoms with Crippen molar-refractivity contribution >= 4 is 88.6 Å². The van der Waals surface area contributed by atoms with Gasteiger partial charge in [-0.1, -0.05) is 45.6 Å². The lowest BCUT2D eigenvalue weighted by atomic mass is 9.80. The van der Waals surface area contributed by atoms with Gasteiger partial charge in [0, 0.05) is 81.6 Å². The Balaban J connectivity index is 1.30. The van der Waals surface area contributed by atoms with E-state index in [9.17, 15) is 63.3 Å². The number of aromatic nitrogens is 3. The van der Waals surface area contributed by atoms with Crippen LogP contribution in [0.3, 0.4) is 0 Å². The van der Waals surface area contributed by atoms with Crippen LogP contribution >= 0.6 is 0 Å². The second kappa shape index (κ2) is 37.5. The van der Waals surface area contributed by atoms with Crippen molar-refractivity contribution in [3.8, 4) is 0 Å². The molecule has 2 aliphatic heterocycles. The summed E-state index contributed by atoms with van der Waals surface area (Å²) in [5.74, 6) is -7.44. The second-order valence-corrected chi connectivity index (χ2v) is 23.8. The summed E-state index contributed by atoms with van der Waals surface area (Å²) in [5.41, 5.74) is 15.8. The quantitative estimate of drug-likeness (QED) is 0.0234. The Bertz CT molecular complexity index is 4120. The normalized spacial score (nSPS) is 17.6. The number of carbonyl (C=O) groups is 11. The van der Waals surface area contributed by atoms with E-state index >= 15 is 4.79 Å². The Kier molecular flexibility index (Phi) is 28.6. The number of aromatic carboxylic acids is 2. The van der Waals surface area contributed by atoms with E-state index in [1.807, 2.05) is 20.8 Å². The van der Waals surface area contributed by atoms with Gasteiger partial charge in [-0.05, 0) is 139 Å². The lowest BCUT2D eigenvalue weighted by molar-refractivity contribution is -0.138. The summed E-state index contributed by atoms with van der Waals surface area (Å²) < 4.78 is 14.0. The molecular formula is C69H87N17O17. The number of ether oxygens (including phenoxy) is 2. The molecule has 6 bridgehead atoms. The van der Waals surface area contributed by atoms with E-state index in [4.69, 9.17) is 26.0 Å². The SMILES string of the molecule is C=C/C=C(\C=C1\NC(=O)N/C=C2/C(OCCOCCn3cc(CCC(=O)NCCCCC(N)C(=O)O)nn3)=C(CNC(=O)Nc3cc(C(=O)O)ccc3NC(=O)NCc3c(CC)c4c(CC)c(c3CC)CNC(=O)NC1C(=O)Nc1cc(C(=O)O)ccc1NC(=O)NC4)C(C)=C(CN)C2C)C(=O)O. The number of nitrogens with zero attached hydrogens (tertiary/aromatic N) is 3. The van der Waals surface area contributed by atoms with Crippen molar-refractivity contribution < 1.29 is 82.6 Å². The Morgan fingerprint density at radius 2 is 1.29 bits per heavy atom. The van der Waals surface area contributed by atoms with Gasteiger partial charge < -0.3 is 105 Å². The van der Waals surface area contributed by atoms with E-state index in [0.717, 1.165) is 42.0 Å². The largest absolute Gasteiger partial charge is 0.490 e. The van der Waals surface area contributed by atoms with Crippen LogP contribution in [0.5, 0.6) is 0 Å².